The number of fused-ring (bicyclic) bond motifs is 1. The SMILES string of the molecule is O=c1c(-c2ccccc2O)coc2ccccc12. The molecule has 3 nitrogen and oxygen atoms in total. The number of para-hydroxylation sites is 2. The van der Waals surface area contributed by atoms with Gasteiger partial charge in [0.2, 0.25) is 5.43 Å². The van der Waals surface area contributed by atoms with Gasteiger partial charge in [0.1, 0.15) is 17.6 Å². The number of hydrogen-bond acceptors (Lipinski definition) is 3. The summed E-state index contributed by atoms with van der Waals surface area (Å²) in [4.78, 5) is 12.3. The molecule has 0 spiro atoms. The first-order valence-electron chi connectivity index (χ1n) is 5.56. The molecular weight excluding hydrogens is 228 g/mol. The number of phenolic OH excluding ortho intramolecular Hbond substituents is 1. The van der Waals surface area contributed by atoms with Crippen molar-refractivity contribution >= 4 is 11.0 Å². The zero-order valence-corrected chi connectivity index (χ0v) is 9.46. The standard InChI is InChI=1S/C15H10O3/c16-13-7-3-1-5-10(13)12-9-18-14-8-4-2-6-11(14)15(12)17/h1-9,16H. The molecule has 18 heavy (non-hydrogen) atoms. The highest BCUT2D eigenvalue weighted by atomic mass is 16.3. The summed E-state index contributed by atoms with van der Waals surface area (Å²) in [6.45, 7) is 0. The Labute approximate surface area is 103 Å². The van der Waals surface area contributed by atoms with Crippen LogP contribution in [0.25, 0.3) is 22.1 Å². The number of hydrogen-bond donors (Lipinski definition) is 1. The van der Waals surface area contributed by atoms with E-state index in [4.69, 9.17) is 4.42 Å². The summed E-state index contributed by atoms with van der Waals surface area (Å²) in [6, 6.07) is 13.8. The zero-order chi connectivity index (χ0) is 12.5. The van der Waals surface area contributed by atoms with Crippen molar-refractivity contribution in [2.24, 2.45) is 0 Å². The molecule has 0 aliphatic heterocycles. The zero-order valence-electron chi connectivity index (χ0n) is 9.46. The Morgan fingerprint density at radius 3 is 2.44 bits per heavy atom. The maximum Gasteiger partial charge on any atom is 0.200 e. The fourth-order valence-corrected chi connectivity index (χ4v) is 1.97. The molecule has 0 unspecified atom stereocenters. The second-order valence-electron chi connectivity index (χ2n) is 3.99. The molecule has 0 radical (unpaired) electrons. The summed E-state index contributed by atoms with van der Waals surface area (Å²) >= 11 is 0. The molecule has 0 bridgehead atoms. The van der Waals surface area contributed by atoms with Crippen LogP contribution in [0.1, 0.15) is 0 Å². The van der Waals surface area contributed by atoms with Crippen molar-refractivity contribution in [2.45, 2.75) is 0 Å². The van der Waals surface area contributed by atoms with E-state index in [9.17, 15) is 9.90 Å². The Balaban J connectivity index is 2.35. The minimum atomic E-state index is -0.140. The number of aromatic hydroxyl groups is 1. The van der Waals surface area contributed by atoms with E-state index in [0.29, 0.717) is 22.1 Å². The van der Waals surface area contributed by atoms with Gasteiger partial charge in [-0.2, -0.15) is 0 Å². The van der Waals surface area contributed by atoms with Gasteiger partial charge < -0.3 is 9.52 Å². The van der Waals surface area contributed by atoms with Crippen LogP contribution in [0.4, 0.5) is 0 Å². The van der Waals surface area contributed by atoms with Gasteiger partial charge in [-0.3, -0.25) is 4.79 Å². The van der Waals surface area contributed by atoms with Crippen LogP contribution in [-0.2, 0) is 0 Å². The molecular formula is C15H10O3. The first-order valence-corrected chi connectivity index (χ1v) is 5.56. The fourth-order valence-electron chi connectivity index (χ4n) is 1.97. The summed E-state index contributed by atoms with van der Waals surface area (Å²) in [5.74, 6) is 0.0695. The van der Waals surface area contributed by atoms with Crippen molar-refractivity contribution in [2.75, 3.05) is 0 Å². The lowest BCUT2D eigenvalue weighted by atomic mass is 10.0. The summed E-state index contributed by atoms with van der Waals surface area (Å²) < 4.78 is 5.42. The Morgan fingerprint density at radius 2 is 1.61 bits per heavy atom. The Bertz CT molecular complexity index is 772. The van der Waals surface area contributed by atoms with Gasteiger partial charge in [0.15, 0.2) is 0 Å². The smallest absolute Gasteiger partial charge is 0.200 e. The van der Waals surface area contributed by atoms with Crippen LogP contribution < -0.4 is 5.43 Å². The monoisotopic (exact) mass is 238 g/mol. The first kappa shape index (κ1) is 10.6. The molecule has 0 fully saturated rings. The highest BCUT2D eigenvalue weighted by Crippen LogP contribution is 2.27. The predicted molar refractivity (Wildman–Crippen MR) is 69.6 cm³/mol. The maximum absolute atomic E-state index is 12.3. The quantitative estimate of drug-likeness (QED) is 0.708. The molecule has 1 N–H and O–H groups in total. The van der Waals surface area contributed by atoms with E-state index in [-0.39, 0.29) is 11.2 Å². The lowest BCUT2D eigenvalue weighted by Gasteiger charge is -2.04. The van der Waals surface area contributed by atoms with Crippen LogP contribution in [0.2, 0.25) is 0 Å². The number of benzene rings is 2. The van der Waals surface area contributed by atoms with E-state index < -0.39 is 0 Å². The highest BCUT2D eigenvalue weighted by Gasteiger charge is 2.11. The van der Waals surface area contributed by atoms with Gasteiger partial charge in [-0.25, -0.2) is 0 Å². The molecule has 0 aliphatic carbocycles. The average molecular weight is 238 g/mol. The van der Waals surface area contributed by atoms with Crippen LogP contribution >= 0.6 is 0 Å². The Kier molecular flexibility index (Phi) is 2.38. The largest absolute Gasteiger partial charge is 0.507 e. The van der Waals surface area contributed by atoms with E-state index in [2.05, 4.69) is 0 Å². The molecule has 0 saturated heterocycles. The molecule has 0 saturated carbocycles. The normalized spacial score (nSPS) is 10.7. The summed E-state index contributed by atoms with van der Waals surface area (Å²) in [7, 11) is 0. The summed E-state index contributed by atoms with van der Waals surface area (Å²) in [5.41, 5.74) is 1.25. The summed E-state index contributed by atoms with van der Waals surface area (Å²) in [5, 5.41) is 10.3. The van der Waals surface area contributed by atoms with Gasteiger partial charge in [0.05, 0.1) is 10.9 Å². The van der Waals surface area contributed by atoms with Crippen LogP contribution in [-0.4, -0.2) is 5.11 Å². The van der Waals surface area contributed by atoms with Crippen molar-refractivity contribution in [3.8, 4) is 16.9 Å². The molecule has 3 aromatic rings. The third-order valence-corrected chi connectivity index (χ3v) is 2.87. The third kappa shape index (κ3) is 1.57. The molecule has 2 aromatic carbocycles. The topological polar surface area (TPSA) is 50.4 Å². The lowest BCUT2D eigenvalue weighted by molar-refractivity contribution is 0.477. The maximum atomic E-state index is 12.3. The third-order valence-electron chi connectivity index (χ3n) is 2.87. The Morgan fingerprint density at radius 1 is 0.889 bits per heavy atom. The van der Waals surface area contributed by atoms with Gasteiger partial charge in [-0.1, -0.05) is 30.3 Å². The molecule has 3 rings (SSSR count). The van der Waals surface area contributed by atoms with E-state index in [1.165, 1.54) is 6.26 Å². The summed E-state index contributed by atoms with van der Waals surface area (Å²) in [6.07, 6.45) is 1.39. The van der Waals surface area contributed by atoms with Crippen LogP contribution in [0.15, 0.2) is 64.0 Å². The van der Waals surface area contributed by atoms with E-state index in [0.717, 1.165) is 0 Å². The predicted octanol–water partition coefficient (Wildman–Crippen LogP) is 3.17. The van der Waals surface area contributed by atoms with Crippen molar-refractivity contribution in [3.63, 3.8) is 0 Å². The first-order chi connectivity index (χ1) is 8.77. The van der Waals surface area contributed by atoms with E-state index in [1.807, 2.05) is 6.07 Å². The van der Waals surface area contributed by atoms with E-state index in [1.54, 1.807) is 42.5 Å². The average Bonchev–Trinajstić information content (AvgIpc) is 2.41. The van der Waals surface area contributed by atoms with Crippen molar-refractivity contribution in [1.82, 2.24) is 0 Å². The molecule has 1 heterocycles. The number of rotatable bonds is 1. The second-order valence-corrected chi connectivity index (χ2v) is 3.99. The number of phenols is 1. The minimum Gasteiger partial charge on any atom is -0.507 e. The molecule has 1 aromatic heterocycles. The van der Waals surface area contributed by atoms with Gasteiger partial charge in [-0.05, 0) is 18.2 Å². The molecule has 88 valence electrons. The van der Waals surface area contributed by atoms with Crippen LogP contribution in [0, 0.1) is 0 Å². The van der Waals surface area contributed by atoms with Gasteiger partial charge in [0.25, 0.3) is 0 Å². The molecule has 3 heteroatoms. The fraction of sp³-hybridized carbons (Fsp3) is 0. The molecule has 0 aliphatic rings. The van der Waals surface area contributed by atoms with Crippen molar-refractivity contribution < 1.29 is 9.52 Å². The van der Waals surface area contributed by atoms with Gasteiger partial charge >= 0.3 is 0 Å². The second kappa shape index (κ2) is 4.04. The van der Waals surface area contributed by atoms with Crippen LogP contribution in [0.5, 0.6) is 5.75 Å². The molecule has 0 amide bonds. The highest BCUT2D eigenvalue weighted by molar-refractivity contribution is 5.82. The minimum absolute atomic E-state index is 0.0695. The van der Waals surface area contributed by atoms with Gasteiger partial charge in [0, 0.05) is 5.56 Å². The van der Waals surface area contributed by atoms with Crippen LogP contribution in [0.3, 0.4) is 0 Å². The van der Waals surface area contributed by atoms with E-state index >= 15 is 0 Å². The van der Waals surface area contributed by atoms with Gasteiger partial charge in [-0.15, -0.1) is 0 Å². The molecule has 0 atom stereocenters. The lowest BCUT2D eigenvalue weighted by Crippen LogP contribution is -2.04. The van der Waals surface area contributed by atoms with Crippen molar-refractivity contribution in [1.29, 1.82) is 0 Å². The Hall–Kier alpha value is -2.55. The van der Waals surface area contributed by atoms with Crippen molar-refractivity contribution in [3.05, 3.63) is 65.0 Å².